The summed E-state index contributed by atoms with van der Waals surface area (Å²) in [7, 11) is -4.75. The second kappa shape index (κ2) is 40.2. The number of carbonyl (C=O) groups is 3. The zero-order valence-corrected chi connectivity index (χ0v) is 36.2. The van der Waals surface area contributed by atoms with E-state index in [1.165, 1.54) is 38.5 Å². The fraction of sp³-hybridized carbons (Fsp3) is 0.587. The number of carboxylic acid groups (broad SMARTS) is 1. The zero-order chi connectivity index (χ0) is 42.8. The van der Waals surface area contributed by atoms with E-state index in [2.05, 4.69) is 103 Å². The highest BCUT2D eigenvalue weighted by Gasteiger charge is 2.28. The number of phosphoric acid groups is 1. The summed E-state index contributed by atoms with van der Waals surface area (Å²) in [6.07, 6.45) is 50.6. The fourth-order valence-corrected chi connectivity index (χ4v) is 5.78. The van der Waals surface area contributed by atoms with Crippen molar-refractivity contribution in [3.05, 3.63) is 97.2 Å². The van der Waals surface area contributed by atoms with Crippen molar-refractivity contribution in [1.82, 2.24) is 0 Å². The number of unbranched alkanes of at least 4 members (excludes halogenated alkanes) is 8. The number of hydrogen-bond acceptors (Lipinski definition) is 9. The molecular weight excluding hydrogens is 757 g/mol. The number of carboxylic acids is 1. The molecule has 58 heavy (non-hydrogen) atoms. The first kappa shape index (κ1) is 54.4. The minimum absolute atomic E-state index is 0.0841. The van der Waals surface area contributed by atoms with Crippen LogP contribution in [0.1, 0.15) is 142 Å². The molecule has 0 fully saturated rings. The molecule has 0 aromatic rings. The van der Waals surface area contributed by atoms with Gasteiger partial charge in [0.05, 0.1) is 13.2 Å². The van der Waals surface area contributed by atoms with E-state index in [0.29, 0.717) is 12.8 Å². The smallest absolute Gasteiger partial charge is 0.472 e. The van der Waals surface area contributed by atoms with Gasteiger partial charge < -0.3 is 25.2 Å². The molecule has 0 aromatic heterocycles. The molecule has 1 unspecified atom stereocenters. The van der Waals surface area contributed by atoms with E-state index >= 15 is 0 Å². The number of esters is 2. The second-order valence-electron chi connectivity index (χ2n) is 13.7. The predicted molar refractivity (Wildman–Crippen MR) is 235 cm³/mol. The summed E-state index contributed by atoms with van der Waals surface area (Å²) in [5.41, 5.74) is 5.32. The van der Waals surface area contributed by atoms with Gasteiger partial charge in [-0.3, -0.25) is 23.4 Å². The van der Waals surface area contributed by atoms with E-state index in [-0.39, 0.29) is 12.8 Å². The van der Waals surface area contributed by atoms with Gasteiger partial charge in [-0.1, -0.05) is 143 Å². The Hall–Kier alpha value is -3.60. The first-order valence-electron chi connectivity index (χ1n) is 21.3. The van der Waals surface area contributed by atoms with Crippen molar-refractivity contribution >= 4 is 25.7 Å². The number of phosphoric ester groups is 1. The van der Waals surface area contributed by atoms with Gasteiger partial charge in [0.1, 0.15) is 12.6 Å². The number of hydrogen-bond donors (Lipinski definition) is 3. The molecule has 4 N–H and O–H groups in total. The highest BCUT2D eigenvalue weighted by Crippen LogP contribution is 2.43. The van der Waals surface area contributed by atoms with Crippen LogP contribution in [0.3, 0.4) is 0 Å². The third kappa shape index (κ3) is 39.2. The van der Waals surface area contributed by atoms with E-state index in [0.717, 1.165) is 64.2 Å². The quantitative estimate of drug-likeness (QED) is 0.0234. The summed E-state index contributed by atoms with van der Waals surface area (Å²) in [5, 5.41) is 8.88. The van der Waals surface area contributed by atoms with E-state index in [4.69, 9.17) is 24.8 Å². The van der Waals surface area contributed by atoms with Crippen LogP contribution >= 0.6 is 7.82 Å². The average molecular weight is 832 g/mol. The average Bonchev–Trinajstić information content (AvgIpc) is 3.20. The molecule has 0 heterocycles. The zero-order valence-electron chi connectivity index (χ0n) is 35.3. The van der Waals surface area contributed by atoms with Crippen molar-refractivity contribution in [2.75, 3.05) is 19.8 Å². The van der Waals surface area contributed by atoms with Gasteiger partial charge in [-0.25, -0.2) is 4.57 Å². The molecule has 0 aromatic carbocycles. The molecule has 328 valence electrons. The molecule has 12 heteroatoms. The van der Waals surface area contributed by atoms with Crippen LogP contribution in [0.25, 0.3) is 0 Å². The molecule has 0 bridgehead atoms. The van der Waals surface area contributed by atoms with Gasteiger partial charge in [0, 0.05) is 12.8 Å². The Morgan fingerprint density at radius 3 is 1.52 bits per heavy atom. The lowest BCUT2D eigenvalue weighted by molar-refractivity contribution is -0.161. The third-order valence-electron chi connectivity index (χ3n) is 8.33. The molecular formula is C46H74NO10P. The lowest BCUT2D eigenvalue weighted by Crippen LogP contribution is -2.34. The van der Waals surface area contributed by atoms with Crippen molar-refractivity contribution in [2.24, 2.45) is 5.73 Å². The van der Waals surface area contributed by atoms with E-state index < -0.39 is 57.7 Å². The Labute approximate surface area is 349 Å². The summed E-state index contributed by atoms with van der Waals surface area (Å²) in [6, 6.07) is -1.54. The molecule has 0 saturated heterocycles. The van der Waals surface area contributed by atoms with E-state index in [1.54, 1.807) is 0 Å². The third-order valence-corrected chi connectivity index (χ3v) is 9.28. The first-order valence-corrected chi connectivity index (χ1v) is 22.8. The summed E-state index contributed by atoms with van der Waals surface area (Å²) in [6.45, 7) is 2.55. The molecule has 0 aliphatic heterocycles. The van der Waals surface area contributed by atoms with Crippen molar-refractivity contribution < 1.29 is 47.5 Å². The maximum Gasteiger partial charge on any atom is 0.472 e. The minimum atomic E-state index is -4.75. The van der Waals surface area contributed by atoms with Gasteiger partial charge in [-0.2, -0.15) is 0 Å². The number of aliphatic carboxylic acids is 1. The van der Waals surface area contributed by atoms with Crippen molar-refractivity contribution in [3.8, 4) is 0 Å². The summed E-state index contributed by atoms with van der Waals surface area (Å²) >= 11 is 0. The van der Waals surface area contributed by atoms with Crippen LogP contribution in [0.15, 0.2) is 97.2 Å². The van der Waals surface area contributed by atoms with Crippen LogP contribution < -0.4 is 5.73 Å². The van der Waals surface area contributed by atoms with E-state index in [1.807, 2.05) is 12.2 Å². The summed E-state index contributed by atoms with van der Waals surface area (Å²) in [4.78, 5) is 45.9. The van der Waals surface area contributed by atoms with Gasteiger partial charge in [0.25, 0.3) is 0 Å². The Balaban J connectivity index is 4.57. The van der Waals surface area contributed by atoms with Gasteiger partial charge in [-0.15, -0.1) is 0 Å². The van der Waals surface area contributed by atoms with Gasteiger partial charge >= 0.3 is 25.7 Å². The van der Waals surface area contributed by atoms with Crippen molar-refractivity contribution in [1.29, 1.82) is 0 Å². The number of rotatable bonds is 38. The predicted octanol–water partition coefficient (Wildman–Crippen LogP) is 11.3. The molecule has 0 saturated carbocycles. The maximum atomic E-state index is 12.6. The molecule has 0 amide bonds. The summed E-state index contributed by atoms with van der Waals surface area (Å²) < 4.78 is 32.5. The maximum absolute atomic E-state index is 12.6. The monoisotopic (exact) mass is 832 g/mol. The number of carbonyl (C=O) groups excluding carboxylic acids is 2. The Bertz CT molecular complexity index is 1350. The molecule has 0 aliphatic carbocycles. The normalized spacial score (nSPS) is 14.7. The minimum Gasteiger partial charge on any atom is -0.480 e. The van der Waals surface area contributed by atoms with Crippen molar-refractivity contribution in [3.63, 3.8) is 0 Å². The molecule has 0 spiro atoms. The van der Waals surface area contributed by atoms with Crippen LogP contribution in [0.2, 0.25) is 0 Å². The Morgan fingerprint density at radius 1 is 0.552 bits per heavy atom. The largest absolute Gasteiger partial charge is 0.480 e. The van der Waals surface area contributed by atoms with Gasteiger partial charge in [0.2, 0.25) is 0 Å². The molecule has 3 atom stereocenters. The Morgan fingerprint density at radius 2 is 1.00 bits per heavy atom. The lowest BCUT2D eigenvalue weighted by Gasteiger charge is -2.20. The highest BCUT2D eigenvalue weighted by molar-refractivity contribution is 7.47. The summed E-state index contributed by atoms with van der Waals surface area (Å²) in [5.74, 6) is -2.54. The van der Waals surface area contributed by atoms with E-state index in [9.17, 15) is 23.8 Å². The van der Waals surface area contributed by atoms with Crippen LogP contribution in [-0.4, -0.2) is 59.9 Å². The number of ether oxygens (including phenoxy) is 2. The van der Waals surface area contributed by atoms with Crippen molar-refractivity contribution in [2.45, 2.75) is 154 Å². The molecule has 0 radical (unpaired) electrons. The molecule has 11 nitrogen and oxygen atoms in total. The fourth-order valence-electron chi connectivity index (χ4n) is 5.00. The SMILES string of the molecule is CC/C=C/C/C=C/C/C=C/C/C=C/C/C=C/C/C=C/CCC(=O)OC[C@H](COP(=O)(O)OC[C@H](N)C(=O)O)OC(=O)CCCC/C=C/C/C=C/CCCCCCCC. The topological polar surface area (TPSA) is 172 Å². The van der Waals surface area contributed by atoms with Crippen LogP contribution in [0, 0.1) is 0 Å². The lowest BCUT2D eigenvalue weighted by atomic mass is 10.1. The first-order chi connectivity index (χ1) is 28.1. The van der Waals surface area contributed by atoms with Gasteiger partial charge in [-0.05, 0) is 83.5 Å². The van der Waals surface area contributed by atoms with Crippen LogP contribution in [0.5, 0.6) is 0 Å². The van der Waals surface area contributed by atoms with Crippen LogP contribution in [-0.2, 0) is 37.5 Å². The van der Waals surface area contributed by atoms with Gasteiger partial charge in [0.15, 0.2) is 6.10 Å². The second-order valence-corrected chi connectivity index (χ2v) is 15.2. The van der Waals surface area contributed by atoms with Crippen LogP contribution in [0.4, 0.5) is 0 Å². The number of allylic oxidation sites excluding steroid dienone is 16. The number of nitrogens with two attached hydrogens (primary N) is 1. The molecule has 0 rings (SSSR count). The Kier molecular flexibility index (Phi) is 37.7. The highest BCUT2D eigenvalue weighted by atomic mass is 31.2. The molecule has 0 aliphatic rings. The standard InChI is InChI=1S/C46H74NO10P/c1-3-5-7-9-11-13-15-17-19-20-21-22-24-25-27-29-31-33-35-37-44(48)54-39-42(40-55-58(52,53)56-41-43(47)46(50)51)57-45(49)38-36-34-32-30-28-26-23-18-16-14-12-10-8-6-4-2/h5,7,11,13,17-19,21-23,25,27-28,30-31,33,42-43H,3-4,6,8-10,12,14-16,20,24,26,29,32,34-41,47H2,1-2H3,(H,50,51)(H,52,53)/b7-5+,13-11+,19-17+,22-21+,23-18+,27-25+,30-28+,33-31+/t42-,43+/m1/s1.